The first-order valence-electron chi connectivity index (χ1n) is 8.78. The fourth-order valence-corrected chi connectivity index (χ4v) is 3.36. The molecule has 0 bridgehead atoms. The molecule has 1 saturated heterocycles. The van der Waals surface area contributed by atoms with Gasteiger partial charge in [0.2, 0.25) is 0 Å². The zero-order valence-electron chi connectivity index (χ0n) is 15.1. The highest BCUT2D eigenvalue weighted by atomic mass is 16.5. The van der Waals surface area contributed by atoms with Crippen molar-refractivity contribution in [1.29, 1.82) is 0 Å². The van der Waals surface area contributed by atoms with Crippen molar-refractivity contribution in [3.05, 3.63) is 35.4 Å². The number of carbonyl (C=O) groups is 1. The van der Waals surface area contributed by atoms with Crippen LogP contribution in [0.3, 0.4) is 0 Å². The highest BCUT2D eigenvalue weighted by Crippen LogP contribution is 2.17. The molecule has 2 rings (SSSR count). The van der Waals surface area contributed by atoms with Gasteiger partial charge in [-0.3, -0.25) is 9.80 Å². The Balaban J connectivity index is 1.94. The molecule has 1 aliphatic rings. The first-order chi connectivity index (χ1) is 11.5. The molecule has 0 saturated carbocycles. The van der Waals surface area contributed by atoms with Crippen molar-refractivity contribution in [3.8, 4) is 0 Å². The molecule has 24 heavy (non-hydrogen) atoms. The Labute approximate surface area is 145 Å². The van der Waals surface area contributed by atoms with Gasteiger partial charge in [-0.2, -0.15) is 0 Å². The Morgan fingerprint density at radius 1 is 1.29 bits per heavy atom. The van der Waals surface area contributed by atoms with E-state index < -0.39 is 0 Å². The van der Waals surface area contributed by atoms with Crippen LogP contribution < -0.4 is 0 Å². The van der Waals surface area contributed by atoms with Crippen molar-refractivity contribution in [2.75, 3.05) is 39.9 Å². The summed E-state index contributed by atoms with van der Waals surface area (Å²) in [5, 5.41) is 9.36. The smallest absolute Gasteiger partial charge is 0.337 e. The van der Waals surface area contributed by atoms with Gasteiger partial charge in [0.1, 0.15) is 0 Å². The summed E-state index contributed by atoms with van der Waals surface area (Å²) in [5.41, 5.74) is 1.78. The maximum absolute atomic E-state index is 11.5. The minimum Gasteiger partial charge on any atom is -0.465 e. The Kier molecular flexibility index (Phi) is 7.21. The van der Waals surface area contributed by atoms with Crippen LogP contribution >= 0.6 is 0 Å². The molecule has 1 fully saturated rings. The first kappa shape index (κ1) is 18.9. The normalized spacial score (nSPS) is 19.6. The topological polar surface area (TPSA) is 53.0 Å². The van der Waals surface area contributed by atoms with Gasteiger partial charge < -0.3 is 9.84 Å². The van der Waals surface area contributed by atoms with Gasteiger partial charge in [-0.25, -0.2) is 4.79 Å². The lowest BCUT2D eigenvalue weighted by Gasteiger charge is -2.42. The van der Waals surface area contributed by atoms with Crippen molar-refractivity contribution in [3.63, 3.8) is 0 Å². The number of hydrogen-bond donors (Lipinski definition) is 1. The fraction of sp³-hybridized carbons (Fsp3) is 0.632. The SMILES string of the molecule is COC(=O)c1ccc(CN2CCN(CC(C)C)[C@H](CCO)C2)cc1. The highest BCUT2D eigenvalue weighted by Gasteiger charge is 2.26. The molecule has 0 aromatic heterocycles. The molecule has 0 unspecified atom stereocenters. The Hall–Kier alpha value is -1.43. The molecule has 1 heterocycles. The maximum atomic E-state index is 11.5. The predicted octanol–water partition coefficient (Wildman–Crippen LogP) is 2.00. The van der Waals surface area contributed by atoms with Crippen LogP contribution in [0.2, 0.25) is 0 Å². The van der Waals surface area contributed by atoms with E-state index in [1.165, 1.54) is 12.7 Å². The van der Waals surface area contributed by atoms with Crippen LogP contribution in [0.4, 0.5) is 0 Å². The summed E-state index contributed by atoms with van der Waals surface area (Å²) >= 11 is 0. The quantitative estimate of drug-likeness (QED) is 0.773. The van der Waals surface area contributed by atoms with Crippen LogP contribution in [-0.4, -0.2) is 66.8 Å². The zero-order valence-corrected chi connectivity index (χ0v) is 15.1. The average molecular weight is 334 g/mol. The van der Waals surface area contributed by atoms with Crippen molar-refractivity contribution in [2.24, 2.45) is 5.92 Å². The molecule has 1 atom stereocenters. The lowest BCUT2D eigenvalue weighted by molar-refractivity contribution is 0.0477. The second-order valence-corrected chi connectivity index (χ2v) is 6.98. The van der Waals surface area contributed by atoms with Crippen molar-refractivity contribution < 1.29 is 14.6 Å². The van der Waals surface area contributed by atoms with Gasteiger partial charge in [0.05, 0.1) is 12.7 Å². The summed E-state index contributed by atoms with van der Waals surface area (Å²) in [5.74, 6) is 0.343. The number of hydrogen-bond acceptors (Lipinski definition) is 5. The number of methoxy groups -OCH3 is 1. The molecule has 134 valence electrons. The van der Waals surface area contributed by atoms with E-state index >= 15 is 0 Å². The van der Waals surface area contributed by atoms with Gasteiger partial charge in [-0.05, 0) is 30.0 Å². The summed E-state index contributed by atoms with van der Waals surface area (Å²) in [7, 11) is 1.40. The second kappa shape index (κ2) is 9.16. The minimum atomic E-state index is -0.299. The van der Waals surface area contributed by atoms with E-state index in [4.69, 9.17) is 4.74 Å². The molecule has 1 aromatic carbocycles. The molecule has 0 amide bonds. The molecule has 1 N–H and O–H groups in total. The Bertz CT molecular complexity index is 516. The average Bonchev–Trinajstić information content (AvgIpc) is 2.57. The largest absolute Gasteiger partial charge is 0.465 e. The van der Waals surface area contributed by atoms with E-state index in [2.05, 4.69) is 23.6 Å². The van der Waals surface area contributed by atoms with Crippen molar-refractivity contribution in [1.82, 2.24) is 9.80 Å². The maximum Gasteiger partial charge on any atom is 0.337 e. The van der Waals surface area contributed by atoms with E-state index in [1.54, 1.807) is 0 Å². The van der Waals surface area contributed by atoms with Crippen LogP contribution in [0.5, 0.6) is 0 Å². The standard InChI is InChI=1S/C19H30N2O3/c1-15(2)12-21-10-9-20(14-18(21)8-11-22)13-16-4-6-17(7-5-16)19(23)24-3/h4-7,15,18,22H,8-14H2,1-3H3/t18-/m1/s1. The first-order valence-corrected chi connectivity index (χ1v) is 8.78. The third-order valence-corrected chi connectivity index (χ3v) is 4.53. The summed E-state index contributed by atoms with van der Waals surface area (Å²) in [6.45, 7) is 9.74. The van der Waals surface area contributed by atoms with Crippen LogP contribution in [-0.2, 0) is 11.3 Å². The lowest BCUT2D eigenvalue weighted by atomic mass is 10.0. The molecule has 0 aliphatic carbocycles. The van der Waals surface area contributed by atoms with Crippen LogP contribution in [0, 0.1) is 5.92 Å². The lowest BCUT2D eigenvalue weighted by Crippen LogP contribution is -2.53. The van der Waals surface area contributed by atoms with Crippen LogP contribution in [0.25, 0.3) is 0 Å². The van der Waals surface area contributed by atoms with Gasteiger partial charge in [0.15, 0.2) is 0 Å². The third kappa shape index (κ3) is 5.30. The molecule has 5 heteroatoms. The van der Waals surface area contributed by atoms with E-state index in [1.807, 2.05) is 24.3 Å². The number of piperazine rings is 1. The van der Waals surface area contributed by atoms with Crippen molar-refractivity contribution >= 4 is 5.97 Å². The third-order valence-electron chi connectivity index (χ3n) is 4.53. The monoisotopic (exact) mass is 334 g/mol. The summed E-state index contributed by atoms with van der Waals surface area (Å²) in [6.07, 6.45) is 0.824. The number of aliphatic hydroxyl groups is 1. The number of esters is 1. The molecule has 1 aromatic rings. The van der Waals surface area contributed by atoms with Crippen molar-refractivity contribution in [2.45, 2.75) is 32.9 Å². The molecular weight excluding hydrogens is 304 g/mol. The van der Waals surface area contributed by atoms with Gasteiger partial charge in [-0.1, -0.05) is 26.0 Å². The number of nitrogens with zero attached hydrogens (tertiary/aromatic N) is 2. The molecule has 1 aliphatic heterocycles. The summed E-state index contributed by atoms with van der Waals surface area (Å²) in [6, 6.07) is 8.05. The number of ether oxygens (including phenoxy) is 1. The Morgan fingerprint density at radius 3 is 2.58 bits per heavy atom. The van der Waals surface area contributed by atoms with E-state index in [0.29, 0.717) is 17.5 Å². The number of aliphatic hydroxyl groups excluding tert-OH is 1. The predicted molar refractivity (Wildman–Crippen MR) is 95.0 cm³/mol. The summed E-state index contributed by atoms with van der Waals surface area (Å²) in [4.78, 5) is 16.4. The fourth-order valence-electron chi connectivity index (χ4n) is 3.36. The van der Waals surface area contributed by atoms with Gasteiger partial charge in [0.25, 0.3) is 0 Å². The zero-order chi connectivity index (χ0) is 17.5. The van der Waals surface area contributed by atoms with E-state index in [9.17, 15) is 9.90 Å². The highest BCUT2D eigenvalue weighted by molar-refractivity contribution is 5.89. The van der Waals surface area contributed by atoms with E-state index in [0.717, 1.165) is 39.1 Å². The number of benzene rings is 1. The van der Waals surface area contributed by atoms with Crippen LogP contribution in [0.15, 0.2) is 24.3 Å². The molecule has 0 radical (unpaired) electrons. The molecular formula is C19H30N2O3. The number of rotatable bonds is 7. The second-order valence-electron chi connectivity index (χ2n) is 6.98. The van der Waals surface area contributed by atoms with Gasteiger partial charge in [-0.15, -0.1) is 0 Å². The molecule has 5 nitrogen and oxygen atoms in total. The number of carbonyl (C=O) groups excluding carboxylic acids is 1. The van der Waals surface area contributed by atoms with E-state index in [-0.39, 0.29) is 12.6 Å². The minimum absolute atomic E-state index is 0.237. The van der Waals surface area contributed by atoms with Gasteiger partial charge in [0, 0.05) is 45.4 Å². The Morgan fingerprint density at radius 2 is 2.00 bits per heavy atom. The molecule has 0 spiro atoms. The van der Waals surface area contributed by atoms with Gasteiger partial charge >= 0.3 is 5.97 Å². The van der Waals surface area contributed by atoms with Crippen LogP contribution in [0.1, 0.15) is 36.2 Å². The summed E-state index contributed by atoms with van der Waals surface area (Å²) < 4.78 is 4.73.